The average Bonchev–Trinajstić information content (AvgIpc) is 2.66. The molecule has 0 spiro atoms. The van der Waals surface area contributed by atoms with Crippen molar-refractivity contribution < 1.29 is 0 Å². The Morgan fingerprint density at radius 1 is 0.560 bits per heavy atom. The van der Waals surface area contributed by atoms with E-state index in [0.29, 0.717) is 0 Å². The summed E-state index contributed by atoms with van der Waals surface area (Å²) in [5.74, 6) is 0. The van der Waals surface area contributed by atoms with Crippen molar-refractivity contribution >= 4 is 44.5 Å². The third-order valence-electron chi connectivity index (χ3n) is 5.10. The third kappa shape index (κ3) is 2.30. The second-order valence-electron chi connectivity index (χ2n) is 6.75. The Hall–Kier alpha value is -3.12. The summed E-state index contributed by atoms with van der Waals surface area (Å²) >= 11 is 0. The van der Waals surface area contributed by atoms with Gasteiger partial charge in [0.2, 0.25) is 0 Å². The van der Waals surface area contributed by atoms with Crippen LogP contribution in [0.1, 0.15) is 16.7 Å². The second kappa shape index (κ2) is 5.46. The van der Waals surface area contributed by atoms with Crippen LogP contribution in [0.4, 0.5) is 0 Å². The summed E-state index contributed by atoms with van der Waals surface area (Å²) in [6.07, 6.45) is 4.43. The Kier molecular flexibility index (Phi) is 3.11. The van der Waals surface area contributed by atoms with Crippen molar-refractivity contribution in [2.24, 2.45) is 0 Å². The maximum Gasteiger partial charge on any atom is -0.00208 e. The van der Waals surface area contributed by atoms with Crippen LogP contribution in [-0.4, -0.2) is 0 Å². The maximum atomic E-state index is 2.26. The number of hydrogen-bond acceptors (Lipinski definition) is 0. The lowest BCUT2D eigenvalue weighted by atomic mass is 9.92. The molecule has 0 saturated heterocycles. The van der Waals surface area contributed by atoms with Crippen molar-refractivity contribution in [3.63, 3.8) is 0 Å². The fraction of sp³-hybridized carbons (Fsp3) is 0.0400. The standard InChI is InChI=1S/C25H18/c1-17-5-7-18(8-6-17)9-10-19-11-12-22-14-13-20-3-2-4-21-15-16-23(19)25(22)24(20)21/h2-16H,1H3/b10-9+. The predicted octanol–water partition coefficient (Wildman–Crippen LogP) is 7.06. The Morgan fingerprint density at radius 3 is 1.96 bits per heavy atom. The van der Waals surface area contributed by atoms with Crippen LogP contribution in [0.15, 0.2) is 78.9 Å². The van der Waals surface area contributed by atoms with E-state index in [2.05, 4.69) is 97.9 Å². The van der Waals surface area contributed by atoms with Crippen LogP contribution in [0.3, 0.4) is 0 Å². The quantitative estimate of drug-likeness (QED) is 0.241. The molecule has 0 N–H and O–H groups in total. The summed E-state index contributed by atoms with van der Waals surface area (Å²) in [4.78, 5) is 0. The molecule has 0 unspecified atom stereocenters. The lowest BCUT2D eigenvalue weighted by Crippen LogP contribution is -1.86. The Balaban J connectivity index is 1.74. The number of hydrogen-bond donors (Lipinski definition) is 0. The molecule has 0 aliphatic rings. The normalized spacial score (nSPS) is 12.0. The number of benzene rings is 5. The first-order valence-corrected chi connectivity index (χ1v) is 8.71. The van der Waals surface area contributed by atoms with Gasteiger partial charge in [-0.15, -0.1) is 0 Å². The highest BCUT2D eigenvalue weighted by molar-refractivity contribution is 6.24. The molecule has 5 rings (SSSR count). The molecule has 0 heterocycles. The van der Waals surface area contributed by atoms with Gasteiger partial charge in [-0.1, -0.05) is 96.6 Å². The average molecular weight is 318 g/mol. The minimum atomic E-state index is 1.23. The molecular weight excluding hydrogens is 300 g/mol. The van der Waals surface area contributed by atoms with Crippen LogP contribution >= 0.6 is 0 Å². The molecule has 5 aromatic rings. The van der Waals surface area contributed by atoms with Crippen LogP contribution < -0.4 is 0 Å². The van der Waals surface area contributed by atoms with Gasteiger partial charge in [0.05, 0.1) is 0 Å². The molecule has 118 valence electrons. The predicted molar refractivity (Wildman–Crippen MR) is 110 cm³/mol. The van der Waals surface area contributed by atoms with E-state index in [0.717, 1.165) is 0 Å². The van der Waals surface area contributed by atoms with Crippen LogP contribution in [-0.2, 0) is 0 Å². The van der Waals surface area contributed by atoms with Gasteiger partial charge >= 0.3 is 0 Å². The molecule has 0 aromatic heterocycles. The molecule has 0 amide bonds. The maximum absolute atomic E-state index is 2.26. The number of aryl methyl sites for hydroxylation is 1. The van der Waals surface area contributed by atoms with E-state index in [1.54, 1.807) is 0 Å². The molecular formula is C25H18. The van der Waals surface area contributed by atoms with Gasteiger partial charge in [-0.3, -0.25) is 0 Å². The van der Waals surface area contributed by atoms with Crippen molar-refractivity contribution in [2.75, 3.05) is 0 Å². The van der Waals surface area contributed by atoms with Crippen LogP contribution in [0, 0.1) is 6.92 Å². The largest absolute Gasteiger partial charge is 0.0610 e. The van der Waals surface area contributed by atoms with Crippen LogP contribution in [0.25, 0.3) is 44.5 Å². The zero-order valence-electron chi connectivity index (χ0n) is 14.2. The monoisotopic (exact) mass is 318 g/mol. The zero-order valence-corrected chi connectivity index (χ0v) is 14.2. The molecule has 0 aliphatic carbocycles. The molecule has 25 heavy (non-hydrogen) atoms. The Bertz CT molecular complexity index is 1210. The second-order valence-corrected chi connectivity index (χ2v) is 6.75. The summed E-state index contributed by atoms with van der Waals surface area (Å²) < 4.78 is 0. The van der Waals surface area contributed by atoms with E-state index in [1.807, 2.05) is 0 Å². The molecule has 0 bridgehead atoms. The fourth-order valence-electron chi connectivity index (χ4n) is 3.77. The lowest BCUT2D eigenvalue weighted by Gasteiger charge is -2.12. The Morgan fingerprint density at radius 2 is 1.20 bits per heavy atom. The SMILES string of the molecule is Cc1ccc(/C=C/c2ccc3ccc4cccc5ccc2c3c45)cc1. The molecule has 0 fully saturated rings. The van der Waals surface area contributed by atoms with Crippen molar-refractivity contribution in [1.29, 1.82) is 0 Å². The molecule has 0 saturated carbocycles. The van der Waals surface area contributed by atoms with Gasteiger partial charge in [0, 0.05) is 0 Å². The summed E-state index contributed by atoms with van der Waals surface area (Å²) in [6.45, 7) is 2.12. The van der Waals surface area contributed by atoms with Gasteiger partial charge in [0.15, 0.2) is 0 Å². The molecule has 0 heteroatoms. The third-order valence-corrected chi connectivity index (χ3v) is 5.10. The van der Waals surface area contributed by atoms with E-state index in [1.165, 1.54) is 49.0 Å². The van der Waals surface area contributed by atoms with Crippen molar-refractivity contribution in [3.05, 3.63) is 95.6 Å². The van der Waals surface area contributed by atoms with E-state index in [-0.39, 0.29) is 0 Å². The minimum absolute atomic E-state index is 1.23. The van der Waals surface area contributed by atoms with Crippen molar-refractivity contribution in [2.45, 2.75) is 6.92 Å². The number of rotatable bonds is 2. The van der Waals surface area contributed by atoms with Gasteiger partial charge in [0.25, 0.3) is 0 Å². The van der Waals surface area contributed by atoms with Gasteiger partial charge in [-0.2, -0.15) is 0 Å². The molecule has 5 aromatic carbocycles. The van der Waals surface area contributed by atoms with Crippen LogP contribution in [0.5, 0.6) is 0 Å². The van der Waals surface area contributed by atoms with E-state index >= 15 is 0 Å². The lowest BCUT2D eigenvalue weighted by molar-refractivity contribution is 1.46. The van der Waals surface area contributed by atoms with E-state index in [4.69, 9.17) is 0 Å². The minimum Gasteiger partial charge on any atom is -0.0610 e. The first-order valence-electron chi connectivity index (χ1n) is 8.71. The summed E-state index contributed by atoms with van der Waals surface area (Å²) in [6, 6.07) is 28.6. The summed E-state index contributed by atoms with van der Waals surface area (Å²) in [5, 5.41) is 8.02. The summed E-state index contributed by atoms with van der Waals surface area (Å²) in [5.41, 5.74) is 3.79. The highest BCUT2D eigenvalue weighted by Gasteiger charge is 2.09. The van der Waals surface area contributed by atoms with Crippen molar-refractivity contribution in [1.82, 2.24) is 0 Å². The van der Waals surface area contributed by atoms with Gasteiger partial charge in [-0.25, -0.2) is 0 Å². The first kappa shape index (κ1) is 14.2. The van der Waals surface area contributed by atoms with Gasteiger partial charge in [0.1, 0.15) is 0 Å². The molecule has 0 aliphatic heterocycles. The fourth-order valence-corrected chi connectivity index (χ4v) is 3.77. The molecule has 0 radical (unpaired) electrons. The highest BCUT2D eigenvalue weighted by atomic mass is 14.1. The van der Waals surface area contributed by atoms with E-state index in [9.17, 15) is 0 Å². The topological polar surface area (TPSA) is 0 Å². The Labute approximate surface area is 147 Å². The van der Waals surface area contributed by atoms with Gasteiger partial charge in [-0.05, 0) is 50.4 Å². The molecule has 0 atom stereocenters. The zero-order chi connectivity index (χ0) is 16.8. The van der Waals surface area contributed by atoms with Gasteiger partial charge < -0.3 is 0 Å². The first-order chi connectivity index (χ1) is 12.3. The van der Waals surface area contributed by atoms with Crippen LogP contribution in [0.2, 0.25) is 0 Å². The summed E-state index contributed by atoms with van der Waals surface area (Å²) in [7, 11) is 0. The van der Waals surface area contributed by atoms with Crippen molar-refractivity contribution in [3.8, 4) is 0 Å². The highest BCUT2D eigenvalue weighted by Crippen LogP contribution is 2.36. The van der Waals surface area contributed by atoms with E-state index < -0.39 is 0 Å². The molecule has 0 nitrogen and oxygen atoms in total. The smallest absolute Gasteiger partial charge is 0.00208 e.